The molecule has 0 saturated carbocycles. The zero-order chi connectivity index (χ0) is 12.4. The molecule has 1 aromatic carbocycles. The summed E-state index contributed by atoms with van der Waals surface area (Å²) in [7, 11) is 0. The van der Waals surface area contributed by atoms with Crippen LogP contribution in [0.5, 0.6) is 0 Å². The second kappa shape index (κ2) is 5.04. The third-order valence-corrected chi connectivity index (χ3v) is 3.19. The summed E-state index contributed by atoms with van der Waals surface area (Å²) in [6.45, 7) is 0.398. The highest BCUT2D eigenvalue weighted by atomic mass is 35.5. The molecule has 2 atom stereocenters. The molecule has 1 amide bonds. The maximum absolute atomic E-state index is 11.5. The van der Waals surface area contributed by atoms with E-state index < -0.39 is 12.2 Å². The largest absolute Gasteiger partial charge is 0.390 e. The molecule has 1 heterocycles. The van der Waals surface area contributed by atoms with E-state index in [1.165, 1.54) is 0 Å². The van der Waals surface area contributed by atoms with Gasteiger partial charge in [0.25, 0.3) is 5.91 Å². The van der Waals surface area contributed by atoms with Crippen LogP contribution >= 0.6 is 11.6 Å². The first kappa shape index (κ1) is 12.4. The van der Waals surface area contributed by atoms with E-state index in [1.807, 2.05) is 0 Å². The van der Waals surface area contributed by atoms with Gasteiger partial charge >= 0.3 is 0 Å². The summed E-state index contributed by atoms with van der Waals surface area (Å²) in [6, 6.07) is 5.14. The van der Waals surface area contributed by atoms with Crippen molar-refractivity contribution in [1.29, 1.82) is 0 Å². The predicted octanol–water partition coefficient (Wildman–Crippen LogP) is 0.953. The second-order valence-electron chi connectivity index (χ2n) is 4.05. The molecule has 0 radical (unpaired) electrons. The smallest absolute Gasteiger partial charge is 0.251 e. The number of aliphatic hydroxyl groups is 2. The van der Waals surface area contributed by atoms with Crippen LogP contribution < -0.4 is 5.32 Å². The van der Waals surface area contributed by atoms with Crippen molar-refractivity contribution in [1.82, 2.24) is 5.32 Å². The molecule has 2 rings (SSSR count). The maximum Gasteiger partial charge on any atom is 0.251 e. The third kappa shape index (κ3) is 2.29. The molecular weight excluding hydrogens is 242 g/mol. The Bertz CT molecular complexity index is 436. The molecule has 0 fully saturated rings. The minimum Gasteiger partial charge on any atom is -0.390 e. The highest BCUT2D eigenvalue weighted by molar-refractivity contribution is 6.17. The second-order valence-corrected chi connectivity index (χ2v) is 4.42. The van der Waals surface area contributed by atoms with E-state index in [1.54, 1.807) is 18.2 Å². The van der Waals surface area contributed by atoms with Gasteiger partial charge in [0.15, 0.2) is 0 Å². The lowest BCUT2D eigenvalue weighted by atomic mass is 9.95. The molecule has 17 heavy (non-hydrogen) atoms. The van der Waals surface area contributed by atoms with Crippen molar-refractivity contribution >= 4 is 17.5 Å². The number of nitrogens with one attached hydrogen (secondary N) is 1. The fraction of sp³-hybridized carbons (Fsp3) is 0.417. The number of rotatable bonds is 4. The van der Waals surface area contributed by atoms with E-state index in [4.69, 9.17) is 11.6 Å². The Labute approximate surface area is 104 Å². The molecule has 0 bridgehead atoms. The molecule has 0 spiro atoms. The van der Waals surface area contributed by atoms with Gasteiger partial charge in [0.2, 0.25) is 0 Å². The van der Waals surface area contributed by atoms with Gasteiger partial charge < -0.3 is 15.5 Å². The maximum atomic E-state index is 11.5. The highest BCUT2D eigenvalue weighted by Gasteiger charge is 2.27. The van der Waals surface area contributed by atoms with Crippen molar-refractivity contribution in [3.8, 4) is 0 Å². The SMILES string of the molecule is O=C1NCc2c1cccc2C(O)C(O)CCCl. The number of aliphatic hydroxyl groups excluding tert-OH is 2. The van der Waals surface area contributed by atoms with Crippen LogP contribution in [0, 0.1) is 0 Å². The molecule has 3 N–H and O–H groups in total. The first-order chi connectivity index (χ1) is 8.15. The molecule has 92 valence electrons. The molecule has 0 saturated heterocycles. The zero-order valence-electron chi connectivity index (χ0n) is 9.19. The number of halogens is 1. The van der Waals surface area contributed by atoms with Crippen molar-refractivity contribution in [3.05, 3.63) is 34.9 Å². The summed E-state index contributed by atoms with van der Waals surface area (Å²) in [5.74, 6) is 0.144. The standard InChI is InChI=1S/C12H14ClNO3/c13-5-4-10(15)11(16)7-2-1-3-8-9(7)6-14-12(8)17/h1-3,10-11,15-16H,4-6H2,(H,14,17). The molecule has 4 nitrogen and oxygen atoms in total. The van der Waals surface area contributed by atoms with Crippen LogP contribution in [0.3, 0.4) is 0 Å². The monoisotopic (exact) mass is 255 g/mol. The van der Waals surface area contributed by atoms with Crippen molar-refractivity contribution in [2.75, 3.05) is 5.88 Å². The lowest BCUT2D eigenvalue weighted by Crippen LogP contribution is -2.20. The van der Waals surface area contributed by atoms with Crippen LogP contribution in [0.2, 0.25) is 0 Å². The minimum atomic E-state index is -1.00. The highest BCUT2D eigenvalue weighted by Crippen LogP contribution is 2.28. The molecule has 2 unspecified atom stereocenters. The van der Waals surface area contributed by atoms with Gasteiger partial charge in [-0.15, -0.1) is 11.6 Å². The predicted molar refractivity (Wildman–Crippen MR) is 63.9 cm³/mol. The average Bonchev–Trinajstić information content (AvgIpc) is 2.71. The van der Waals surface area contributed by atoms with Gasteiger partial charge in [-0.2, -0.15) is 0 Å². The molecule has 1 aliphatic rings. The van der Waals surface area contributed by atoms with Gasteiger partial charge in [-0.1, -0.05) is 12.1 Å². The summed E-state index contributed by atoms with van der Waals surface area (Å²) < 4.78 is 0. The van der Waals surface area contributed by atoms with E-state index >= 15 is 0 Å². The van der Waals surface area contributed by atoms with Crippen LogP contribution in [-0.2, 0) is 6.54 Å². The Hall–Kier alpha value is -1.10. The van der Waals surface area contributed by atoms with Gasteiger partial charge in [0.05, 0.1) is 6.10 Å². The fourth-order valence-electron chi connectivity index (χ4n) is 2.03. The molecular formula is C12H14ClNO3. The van der Waals surface area contributed by atoms with E-state index in [0.717, 1.165) is 5.56 Å². The molecule has 1 aliphatic heterocycles. The first-order valence-corrected chi connectivity index (χ1v) is 6.00. The zero-order valence-corrected chi connectivity index (χ0v) is 9.94. The number of benzene rings is 1. The Morgan fingerprint density at radius 3 is 2.88 bits per heavy atom. The lowest BCUT2D eigenvalue weighted by Gasteiger charge is -2.19. The number of amides is 1. The van der Waals surface area contributed by atoms with Gasteiger partial charge in [-0.3, -0.25) is 4.79 Å². The van der Waals surface area contributed by atoms with Crippen LogP contribution in [0.25, 0.3) is 0 Å². The average molecular weight is 256 g/mol. The Balaban J connectivity index is 2.31. The van der Waals surface area contributed by atoms with Crippen molar-refractivity contribution in [3.63, 3.8) is 0 Å². The van der Waals surface area contributed by atoms with Gasteiger partial charge in [0.1, 0.15) is 6.10 Å². The molecule has 1 aromatic rings. The summed E-state index contributed by atoms with van der Waals surface area (Å²) >= 11 is 5.53. The number of hydrogen-bond acceptors (Lipinski definition) is 3. The van der Waals surface area contributed by atoms with E-state index in [0.29, 0.717) is 24.1 Å². The summed E-state index contributed by atoms with van der Waals surface area (Å²) in [5.41, 5.74) is 1.93. The van der Waals surface area contributed by atoms with E-state index in [9.17, 15) is 15.0 Å². The Morgan fingerprint density at radius 1 is 1.41 bits per heavy atom. The topological polar surface area (TPSA) is 69.6 Å². The van der Waals surface area contributed by atoms with Gasteiger partial charge in [0, 0.05) is 18.0 Å². The van der Waals surface area contributed by atoms with Crippen molar-refractivity contribution in [2.24, 2.45) is 0 Å². The van der Waals surface area contributed by atoms with Crippen LogP contribution in [0.1, 0.15) is 34.0 Å². The van der Waals surface area contributed by atoms with E-state index in [-0.39, 0.29) is 11.8 Å². The third-order valence-electron chi connectivity index (χ3n) is 2.97. The first-order valence-electron chi connectivity index (χ1n) is 5.47. The minimum absolute atomic E-state index is 0.138. The summed E-state index contributed by atoms with van der Waals surface area (Å²) in [6.07, 6.45) is -1.60. The number of fused-ring (bicyclic) bond motifs is 1. The number of hydrogen-bond donors (Lipinski definition) is 3. The lowest BCUT2D eigenvalue weighted by molar-refractivity contribution is 0.0165. The molecule has 0 aliphatic carbocycles. The van der Waals surface area contributed by atoms with Crippen LogP contribution in [-0.4, -0.2) is 28.1 Å². The Morgan fingerprint density at radius 2 is 2.18 bits per heavy atom. The quantitative estimate of drug-likeness (QED) is 0.702. The molecule has 5 heteroatoms. The normalized spacial score (nSPS) is 17.5. The van der Waals surface area contributed by atoms with Crippen molar-refractivity contribution in [2.45, 2.75) is 25.2 Å². The number of carbonyl (C=O) groups is 1. The molecule has 0 aromatic heterocycles. The van der Waals surface area contributed by atoms with Crippen LogP contribution in [0.15, 0.2) is 18.2 Å². The summed E-state index contributed by atoms with van der Waals surface area (Å²) in [5, 5.41) is 22.4. The van der Waals surface area contributed by atoms with Crippen molar-refractivity contribution < 1.29 is 15.0 Å². The van der Waals surface area contributed by atoms with Crippen LogP contribution in [0.4, 0.5) is 0 Å². The van der Waals surface area contributed by atoms with E-state index in [2.05, 4.69) is 5.32 Å². The van der Waals surface area contributed by atoms with Gasteiger partial charge in [-0.25, -0.2) is 0 Å². The fourth-order valence-corrected chi connectivity index (χ4v) is 2.26. The Kier molecular flexibility index (Phi) is 3.66. The summed E-state index contributed by atoms with van der Waals surface area (Å²) in [4.78, 5) is 11.5. The van der Waals surface area contributed by atoms with Gasteiger partial charge in [-0.05, 0) is 23.6 Å². The number of carbonyl (C=O) groups excluding carboxylic acids is 1. The number of alkyl halides is 1.